The maximum atomic E-state index is 12.8. The second-order valence-corrected chi connectivity index (χ2v) is 10.1. The molecule has 9 nitrogen and oxygen atoms in total. The molecule has 1 atom stereocenters. The van der Waals surface area contributed by atoms with Crippen LogP contribution in [0.15, 0.2) is 39.9 Å². The third-order valence-corrected chi connectivity index (χ3v) is 7.10. The largest absolute Gasteiger partial charge is 0.492 e. The van der Waals surface area contributed by atoms with Crippen LogP contribution in [0.2, 0.25) is 0 Å². The van der Waals surface area contributed by atoms with Crippen molar-refractivity contribution in [2.45, 2.75) is 26.4 Å². The van der Waals surface area contributed by atoms with Gasteiger partial charge in [-0.3, -0.25) is 14.7 Å². The molecule has 0 spiro atoms. The number of sulfonamides is 1. The zero-order valence-corrected chi connectivity index (χ0v) is 19.6. The Bertz CT molecular complexity index is 1300. The Morgan fingerprint density at radius 2 is 2.06 bits per heavy atom. The molecular formula is C22H28N4O5S. The highest BCUT2D eigenvalue weighted by Gasteiger charge is 2.29. The van der Waals surface area contributed by atoms with Crippen molar-refractivity contribution >= 4 is 21.0 Å². The second-order valence-electron chi connectivity index (χ2n) is 8.16. The Morgan fingerprint density at radius 1 is 1.28 bits per heavy atom. The molecule has 1 aliphatic rings. The van der Waals surface area contributed by atoms with Gasteiger partial charge in [0.05, 0.1) is 31.0 Å². The SMILES string of the molecule is CCOc1cnccc1-c1cn(C)c(=O)c2cc(CN3CCN(S(C)(=O)=O)CC3C)oc12. The van der Waals surface area contributed by atoms with E-state index in [0.29, 0.717) is 55.3 Å². The van der Waals surface area contributed by atoms with Gasteiger partial charge < -0.3 is 13.7 Å². The molecular weight excluding hydrogens is 432 g/mol. The van der Waals surface area contributed by atoms with Crippen LogP contribution in [-0.2, 0) is 23.6 Å². The van der Waals surface area contributed by atoms with Crippen molar-refractivity contribution in [3.05, 3.63) is 46.8 Å². The highest BCUT2D eigenvalue weighted by Crippen LogP contribution is 2.35. The van der Waals surface area contributed by atoms with E-state index in [0.717, 1.165) is 11.1 Å². The van der Waals surface area contributed by atoms with Crippen LogP contribution in [-0.4, -0.2) is 65.7 Å². The first-order valence-electron chi connectivity index (χ1n) is 10.6. The maximum Gasteiger partial charge on any atom is 0.261 e. The minimum Gasteiger partial charge on any atom is -0.492 e. The summed E-state index contributed by atoms with van der Waals surface area (Å²) in [6, 6.07) is 3.66. The number of aryl methyl sites for hydroxylation is 1. The van der Waals surface area contributed by atoms with Crippen molar-refractivity contribution in [3.8, 4) is 16.9 Å². The molecule has 1 fully saturated rings. The summed E-state index contributed by atoms with van der Waals surface area (Å²) in [5, 5.41) is 0.502. The quantitative estimate of drug-likeness (QED) is 0.555. The van der Waals surface area contributed by atoms with Gasteiger partial charge in [-0.25, -0.2) is 8.42 Å². The number of fused-ring (bicyclic) bond motifs is 1. The Labute approximate surface area is 187 Å². The van der Waals surface area contributed by atoms with Crippen LogP contribution < -0.4 is 10.3 Å². The molecule has 0 aliphatic carbocycles. The van der Waals surface area contributed by atoms with Gasteiger partial charge in [-0.15, -0.1) is 0 Å². The summed E-state index contributed by atoms with van der Waals surface area (Å²) >= 11 is 0. The van der Waals surface area contributed by atoms with E-state index < -0.39 is 10.0 Å². The molecule has 10 heteroatoms. The van der Waals surface area contributed by atoms with Crippen molar-refractivity contribution in [2.24, 2.45) is 7.05 Å². The predicted octanol–water partition coefficient (Wildman–Crippen LogP) is 2.06. The van der Waals surface area contributed by atoms with Gasteiger partial charge in [-0.05, 0) is 26.0 Å². The highest BCUT2D eigenvalue weighted by atomic mass is 32.2. The number of aromatic nitrogens is 2. The molecule has 3 aromatic heterocycles. The van der Waals surface area contributed by atoms with E-state index in [-0.39, 0.29) is 11.6 Å². The van der Waals surface area contributed by atoms with Crippen LogP contribution >= 0.6 is 0 Å². The van der Waals surface area contributed by atoms with Gasteiger partial charge in [0.15, 0.2) is 0 Å². The lowest BCUT2D eigenvalue weighted by Gasteiger charge is -2.38. The van der Waals surface area contributed by atoms with Gasteiger partial charge in [0, 0.05) is 56.2 Å². The molecule has 0 saturated carbocycles. The van der Waals surface area contributed by atoms with Crippen LogP contribution in [0.1, 0.15) is 19.6 Å². The lowest BCUT2D eigenvalue weighted by atomic mass is 10.1. The average molecular weight is 461 g/mol. The number of nitrogens with zero attached hydrogens (tertiary/aromatic N) is 4. The number of rotatable bonds is 6. The summed E-state index contributed by atoms with van der Waals surface area (Å²) in [5.41, 5.74) is 1.94. The highest BCUT2D eigenvalue weighted by molar-refractivity contribution is 7.88. The molecule has 0 bridgehead atoms. The Hall–Kier alpha value is -2.69. The molecule has 4 heterocycles. The van der Waals surface area contributed by atoms with Crippen molar-refractivity contribution in [3.63, 3.8) is 0 Å². The van der Waals surface area contributed by atoms with E-state index in [9.17, 15) is 13.2 Å². The van der Waals surface area contributed by atoms with Gasteiger partial charge >= 0.3 is 0 Å². The normalized spacial score (nSPS) is 18.3. The first-order chi connectivity index (χ1) is 15.2. The molecule has 1 aliphatic heterocycles. The first kappa shape index (κ1) is 22.5. The van der Waals surface area contributed by atoms with Crippen molar-refractivity contribution in [1.29, 1.82) is 0 Å². The van der Waals surface area contributed by atoms with E-state index in [2.05, 4.69) is 9.88 Å². The molecule has 0 radical (unpaired) electrons. The van der Waals surface area contributed by atoms with Crippen LogP contribution in [0.3, 0.4) is 0 Å². The predicted molar refractivity (Wildman–Crippen MR) is 122 cm³/mol. The van der Waals surface area contributed by atoms with E-state index >= 15 is 0 Å². The zero-order valence-electron chi connectivity index (χ0n) is 18.7. The standard InChI is InChI=1S/C22H28N4O5S/c1-5-30-20-11-23-7-6-17(20)19-14-24(3)22(27)18-10-16(31-21(18)19)13-25-8-9-26(12-15(25)2)32(4,28)29/h6-7,10-11,14-15H,5,8-9,12-13H2,1-4H3. The summed E-state index contributed by atoms with van der Waals surface area (Å²) in [4.78, 5) is 19.1. The number of pyridine rings is 2. The fraction of sp³-hybridized carbons (Fsp3) is 0.455. The van der Waals surface area contributed by atoms with Gasteiger partial charge in [-0.1, -0.05) is 0 Å². The van der Waals surface area contributed by atoms with E-state index in [4.69, 9.17) is 9.15 Å². The van der Waals surface area contributed by atoms with E-state index in [1.165, 1.54) is 10.6 Å². The molecule has 0 aromatic carbocycles. The van der Waals surface area contributed by atoms with E-state index in [1.807, 2.05) is 19.9 Å². The molecule has 3 aromatic rings. The van der Waals surface area contributed by atoms with Crippen molar-refractivity contribution < 1.29 is 17.6 Å². The molecule has 0 amide bonds. The summed E-state index contributed by atoms with van der Waals surface area (Å²) in [7, 11) is -1.49. The molecule has 1 saturated heterocycles. The number of piperazine rings is 1. The number of hydrogen-bond acceptors (Lipinski definition) is 7. The minimum absolute atomic E-state index is 0.0266. The number of ether oxygens (including phenoxy) is 1. The summed E-state index contributed by atoms with van der Waals surface area (Å²) in [5.74, 6) is 1.29. The first-order valence-corrected chi connectivity index (χ1v) is 12.4. The average Bonchev–Trinajstić information content (AvgIpc) is 3.16. The fourth-order valence-electron chi connectivity index (χ4n) is 4.14. The monoisotopic (exact) mass is 460 g/mol. The lowest BCUT2D eigenvalue weighted by Crippen LogP contribution is -2.52. The number of furan rings is 1. The van der Waals surface area contributed by atoms with Gasteiger partial charge in [0.25, 0.3) is 5.56 Å². The molecule has 172 valence electrons. The van der Waals surface area contributed by atoms with Crippen LogP contribution in [0, 0.1) is 0 Å². The third kappa shape index (κ3) is 4.30. The smallest absolute Gasteiger partial charge is 0.261 e. The molecule has 4 rings (SSSR count). The lowest BCUT2D eigenvalue weighted by molar-refractivity contribution is 0.115. The van der Waals surface area contributed by atoms with Gasteiger partial charge in [-0.2, -0.15) is 4.31 Å². The number of hydrogen-bond donors (Lipinski definition) is 0. The second kappa shape index (κ2) is 8.68. The Balaban J connectivity index is 1.70. The van der Waals surface area contributed by atoms with E-state index in [1.54, 1.807) is 36.3 Å². The minimum atomic E-state index is -3.21. The zero-order chi connectivity index (χ0) is 23.0. The molecule has 0 N–H and O–H groups in total. The van der Waals surface area contributed by atoms with Crippen molar-refractivity contribution in [2.75, 3.05) is 32.5 Å². The van der Waals surface area contributed by atoms with Gasteiger partial charge in [0.1, 0.15) is 17.1 Å². The van der Waals surface area contributed by atoms with Gasteiger partial charge in [0.2, 0.25) is 10.0 Å². The summed E-state index contributed by atoms with van der Waals surface area (Å²) < 4.78 is 38.7. The molecule has 32 heavy (non-hydrogen) atoms. The maximum absolute atomic E-state index is 12.8. The fourth-order valence-corrected chi connectivity index (χ4v) is 5.04. The third-order valence-electron chi connectivity index (χ3n) is 5.83. The van der Waals surface area contributed by atoms with Crippen LogP contribution in [0.25, 0.3) is 22.1 Å². The van der Waals surface area contributed by atoms with Crippen LogP contribution in [0.4, 0.5) is 0 Å². The Kier molecular flexibility index (Phi) is 6.11. The van der Waals surface area contributed by atoms with Crippen LogP contribution in [0.5, 0.6) is 5.75 Å². The summed E-state index contributed by atoms with van der Waals surface area (Å²) in [6.07, 6.45) is 6.33. The summed E-state index contributed by atoms with van der Waals surface area (Å²) in [6.45, 7) is 6.35. The molecule has 1 unspecified atom stereocenters. The topological polar surface area (TPSA) is 97.9 Å². The Morgan fingerprint density at radius 3 is 2.75 bits per heavy atom. The van der Waals surface area contributed by atoms with Crippen molar-refractivity contribution in [1.82, 2.24) is 18.8 Å².